The van der Waals surface area contributed by atoms with Crippen molar-refractivity contribution in [1.29, 1.82) is 0 Å². The van der Waals surface area contributed by atoms with Gasteiger partial charge < -0.3 is 20.9 Å². The molecule has 20 heavy (non-hydrogen) atoms. The number of carbonyl (C=O) groups is 1. The Kier molecular flexibility index (Phi) is 4.33. The highest BCUT2D eigenvalue weighted by molar-refractivity contribution is 14.1. The zero-order valence-corrected chi connectivity index (χ0v) is 12.8. The smallest absolute Gasteiger partial charge is 0.259 e. The standard InChI is InChI=1S/C14H13IN2O3/c1-20-13-7-9(3-4-11(13)16)17-14(19)10-6-8(15)2-5-12(10)18/h2-7,18H,16H2,1H3,(H,17,19). The number of aromatic hydroxyl groups is 1. The molecule has 2 aromatic rings. The van der Waals surface area contributed by atoms with Crippen LogP contribution in [0.25, 0.3) is 0 Å². The highest BCUT2D eigenvalue weighted by Gasteiger charge is 2.12. The predicted octanol–water partition coefficient (Wildman–Crippen LogP) is 2.84. The van der Waals surface area contributed by atoms with E-state index < -0.39 is 5.91 Å². The second-order valence-electron chi connectivity index (χ2n) is 4.07. The van der Waals surface area contributed by atoms with Crippen molar-refractivity contribution in [3.8, 4) is 11.5 Å². The normalized spacial score (nSPS) is 10.1. The van der Waals surface area contributed by atoms with Crippen molar-refractivity contribution in [2.45, 2.75) is 0 Å². The van der Waals surface area contributed by atoms with Crippen LogP contribution in [0.4, 0.5) is 11.4 Å². The maximum absolute atomic E-state index is 12.1. The SMILES string of the molecule is COc1cc(NC(=O)c2cc(I)ccc2O)ccc1N. The summed E-state index contributed by atoms with van der Waals surface area (Å²) < 4.78 is 5.95. The summed E-state index contributed by atoms with van der Waals surface area (Å²) in [5.41, 5.74) is 6.95. The summed E-state index contributed by atoms with van der Waals surface area (Å²) >= 11 is 2.07. The lowest BCUT2D eigenvalue weighted by atomic mass is 10.2. The van der Waals surface area contributed by atoms with Crippen molar-refractivity contribution in [2.24, 2.45) is 0 Å². The molecule has 4 N–H and O–H groups in total. The number of halogens is 1. The summed E-state index contributed by atoms with van der Waals surface area (Å²) in [7, 11) is 1.50. The Morgan fingerprint density at radius 2 is 2.05 bits per heavy atom. The average molecular weight is 384 g/mol. The van der Waals surface area contributed by atoms with Crippen LogP contribution >= 0.6 is 22.6 Å². The number of phenols is 1. The predicted molar refractivity (Wildman–Crippen MR) is 86.2 cm³/mol. The van der Waals surface area contributed by atoms with Gasteiger partial charge in [0, 0.05) is 15.3 Å². The molecule has 6 heteroatoms. The first-order valence-corrected chi connectivity index (χ1v) is 6.82. The summed E-state index contributed by atoms with van der Waals surface area (Å²) in [6, 6.07) is 9.75. The number of nitrogens with two attached hydrogens (primary N) is 1. The molecule has 0 unspecified atom stereocenters. The third-order valence-corrected chi connectivity index (χ3v) is 3.37. The highest BCUT2D eigenvalue weighted by Crippen LogP contribution is 2.26. The number of amides is 1. The number of ether oxygens (including phenoxy) is 1. The summed E-state index contributed by atoms with van der Waals surface area (Å²) in [4.78, 5) is 12.1. The first-order valence-electron chi connectivity index (χ1n) is 5.74. The first kappa shape index (κ1) is 14.4. The van der Waals surface area contributed by atoms with Gasteiger partial charge in [-0.05, 0) is 52.9 Å². The Labute approximate surface area is 129 Å². The van der Waals surface area contributed by atoms with Crippen molar-refractivity contribution in [1.82, 2.24) is 0 Å². The second-order valence-corrected chi connectivity index (χ2v) is 5.32. The lowest BCUT2D eigenvalue weighted by Crippen LogP contribution is -2.12. The fraction of sp³-hybridized carbons (Fsp3) is 0.0714. The van der Waals surface area contributed by atoms with Crippen molar-refractivity contribution < 1.29 is 14.6 Å². The number of benzene rings is 2. The number of nitrogen functional groups attached to an aromatic ring is 1. The molecule has 2 aromatic carbocycles. The molecule has 2 rings (SSSR count). The molecule has 0 fully saturated rings. The average Bonchev–Trinajstić information content (AvgIpc) is 2.43. The van der Waals surface area contributed by atoms with E-state index in [0.717, 1.165) is 3.57 Å². The van der Waals surface area contributed by atoms with E-state index >= 15 is 0 Å². The van der Waals surface area contributed by atoms with Crippen molar-refractivity contribution in [2.75, 3.05) is 18.2 Å². The highest BCUT2D eigenvalue weighted by atomic mass is 127. The van der Waals surface area contributed by atoms with Crippen LogP contribution in [0.15, 0.2) is 36.4 Å². The van der Waals surface area contributed by atoms with Crippen LogP contribution in [0.5, 0.6) is 11.5 Å². The molecule has 0 radical (unpaired) electrons. The Morgan fingerprint density at radius 1 is 1.30 bits per heavy atom. The van der Waals surface area contributed by atoms with Crippen LogP contribution in [0.3, 0.4) is 0 Å². The van der Waals surface area contributed by atoms with E-state index in [-0.39, 0.29) is 11.3 Å². The van der Waals surface area contributed by atoms with Gasteiger partial charge in [0.15, 0.2) is 0 Å². The number of hydrogen-bond donors (Lipinski definition) is 3. The topological polar surface area (TPSA) is 84.6 Å². The molecule has 0 saturated carbocycles. The van der Waals surface area contributed by atoms with Gasteiger partial charge in [-0.25, -0.2) is 0 Å². The van der Waals surface area contributed by atoms with Crippen LogP contribution in [-0.4, -0.2) is 18.1 Å². The zero-order chi connectivity index (χ0) is 14.7. The van der Waals surface area contributed by atoms with Gasteiger partial charge in [-0.3, -0.25) is 4.79 Å². The van der Waals surface area contributed by atoms with E-state index in [1.807, 2.05) is 0 Å². The van der Waals surface area contributed by atoms with Crippen LogP contribution < -0.4 is 15.8 Å². The molecule has 0 heterocycles. The van der Waals surface area contributed by atoms with Gasteiger partial charge in [-0.15, -0.1) is 0 Å². The van der Waals surface area contributed by atoms with Gasteiger partial charge in [0.1, 0.15) is 11.5 Å². The minimum Gasteiger partial charge on any atom is -0.507 e. The molecule has 0 aliphatic heterocycles. The number of rotatable bonds is 3. The van der Waals surface area contributed by atoms with Crippen LogP contribution in [0.2, 0.25) is 0 Å². The fourth-order valence-electron chi connectivity index (χ4n) is 1.68. The van der Waals surface area contributed by atoms with E-state index in [0.29, 0.717) is 17.1 Å². The lowest BCUT2D eigenvalue weighted by molar-refractivity contribution is 0.102. The monoisotopic (exact) mass is 384 g/mol. The fourth-order valence-corrected chi connectivity index (χ4v) is 2.17. The van der Waals surface area contributed by atoms with E-state index in [2.05, 4.69) is 27.9 Å². The first-order chi connectivity index (χ1) is 9.51. The molecule has 0 aliphatic carbocycles. The van der Waals surface area contributed by atoms with E-state index in [1.165, 1.54) is 13.2 Å². The quantitative estimate of drug-likeness (QED) is 0.561. The molecular formula is C14H13IN2O3. The van der Waals surface area contributed by atoms with Gasteiger partial charge in [0.05, 0.1) is 18.4 Å². The molecular weight excluding hydrogens is 371 g/mol. The third kappa shape index (κ3) is 3.13. The molecule has 0 saturated heterocycles. The Hall–Kier alpha value is -1.96. The number of phenolic OH excluding ortho intramolecular Hbond substituents is 1. The van der Waals surface area contributed by atoms with Gasteiger partial charge in [0.25, 0.3) is 5.91 Å². The largest absolute Gasteiger partial charge is 0.507 e. The Balaban J connectivity index is 2.25. The molecule has 0 spiro atoms. The van der Waals surface area contributed by atoms with E-state index in [1.54, 1.807) is 30.3 Å². The molecule has 0 aromatic heterocycles. The Bertz CT molecular complexity index is 659. The maximum atomic E-state index is 12.1. The Morgan fingerprint density at radius 3 is 2.75 bits per heavy atom. The van der Waals surface area contributed by atoms with E-state index in [4.69, 9.17) is 10.5 Å². The number of nitrogens with one attached hydrogen (secondary N) is 1. The van der Waals surface area contributed by atoms with Gasteiger partial charge in [-0.1, -0.05) is 0 Å². The maximum Gasteiger partial charge on any atom is 0.259 e. The minimum atomic E-state index is -0.396. The second kappa shape index (κ2) is 6.00. The van der Waals surface area contributed by atoms with Crippen LogP contribution in [0, 0.1) is 3.57 Å². The number of carbonyl (C=O) groups excluding carboxylic acids is 1. The van der Waals surface area contributed by atoms with Gasteiger partial charge in [-0.2, -0.15) is 0 Å². The van der Waals surface area contributed by atoms with Crippen LogP contribution in [-0.2, 0) is 0 Å². The zero-order valence-electron chi connectivity index (χ0n) is 10.7. The third-order valence-electron chi connectivity index (χ3n) is 2.69. The minimum absolute atomic E-state index is 0.0645. The van der Waals surface area contributed by atoms with Crippen molar-refractivity contribution in [3.63, 3.8) is 0 Å². The number of hydrogen-bond acceptors (Lipinski definition) is 4. The number of anilines is 2. The van der Waals surface area contributed by atoms with Crippen LogP contribution in [0.1, 0.15) is 10.4 Å². The summed E-state index contributed by atoms with van der Waals surface area (Å²) in [5, 5.41) is 12.4. The van der Waals surface area contributed by atoms with Crippen molar-refractivity contribution >= 4 is 39.9 Å². The molecule has 0 bridgehead atoms. The molecule has 0 aliphatic rings. The molecule has 5 nitrogen and oxygen atoms in total. The number of methoxy groups -OCH3 is 1. The molecule has 104 valence electrons. The van der Waals surface area contributed by atoms with E-state index in [9.17, 15) is 9.90 Å². The van der Waals surface area contributed by atoms with Crippen molar-refractivity contribution in [3.05, 3.63) is 45.5 Å². The summed E-state index contributed by atoms with van der Waals surface area (Å²) in [6.07, 6.45) is 0. The molecule has 1 amide bonds. The molecule has 0 atom stereocenters. The summed E-state index contributed by atoms with van der Waals surface area (Å²) in [6.45, 7) is 0. The lowest BCUT2D eigenvalue weighted by Gasteiger charge is -2.10. The van der Waals surface area contributed by atoms with Gasteiger partial charge >= 0.3 is 0 Å². The van der Waals surface area contributed by atoms with Gasteiger partial charge in [0.2, 0.25) is 0 Å². The summed E-state index contributed by atoms with van der Waals surface area (Å²) in [5.74, 6) is 0.0211.